The van der Waals surface area contributed by atoms with Crippen molar-refractivity contribution in [2.45, 2.75) is 33.2 Å². The number of hydrogen-bond acceptors (Lipinski definition) is 8. The van der Waals surface area contributed by atoms with Crippen LogP contribution in [0.4, 0.5) is 5.13 Å². The number of amides is 1. The Morgan fingerprint density at radius 3 is 2.39 bits per heavy atom. The Balaban J connectivity index is 1.93. The average molecular weight is 507 g/mol. The maximum atomic E-state index is 13.4. The van der Waals surface area contributed by atoms with Crippen LogP contribution in [0, 0.1) is 13.8 Å². The fraction of sp³-hybridized carbons (Fsp3) is 0.259. The third-order valence-electron chi connectivity index (χ3n) is 6.18. The molecule has 1 aromatic heterocycles. The van der Waals surface area contributed by atoms with Gasteiger partial charge in [-0.05, 0) is 55.2 Å². The zero-order valence-electron chi connectivity index (χ0n) is 20.6. The van der Waals surface area contributed by atoms with E-state index in [2.05, 4.69) is 4.98 Å². The van der Waals surface area contributed by atoms with Gasteiger partial charge in [0.15, 0.2) is 5.13 Å². The third-order valence-corrected chi connectivity index (χ3v) is 7.32. The maximum Gasteiger partial charge on any atom is 0.350 e. The summed E-state index contributed by atoms with van der Waals surface area (Å²) in [6, 6.07) is 11.6. The lowest BCUT2D eigenvalue weighted by Gasteiger charge is -2.23. The van der Waals surface area contributed by atoms with Crippen molar-refractivity contribution in [2.75, 3.05) is 19.1 Å². The highest BCUT2D eigenvalue weighted by molar-refractivity contribution is 7.17. The van der Waals surface area contributed by atoms with Gasteiger partial charge in [0.1, 0.15) is 16.4 Å². The Labute approximate surface area is 212 Å². The first kappa shape index (κ1) is 25.1. The van der Waals surface area contributed by atoms with Gasteiger partial charge in [-0.2, -0.15) is 0 Å². The second-order valence-electron chi connectivity index (χ2n) is 8.35. The van der Waals surface area contributed by atoms with E-state index in [4.69, 9.17) is 9.47 Å². The fourth-order valence-electron chi connectivity index (χ4n) is 4.23. The van der Waals surface area contributed by atoms with Gasteiger partial charge in [-0.15, -0.1) is 0 Å². The molecule has 0 aliphatic carbocycles. The number of rotatable bonds is 6. The van der Waals surface area contributed by atoms with Crippen LogP contribution < -0.4 is 9.64 Å². The van der Waals surface area contributed by atoms with Crippen LogP contribution in [0.1, 0.15) is 50.6 Å². The fourth-order valence-corrected chi connectivity index (χ4v) is 5.24. The number of anilines is 1. The molecule has 0 bridgehead atoms. The van der Waals surface area contributed by atoms with Crippen LogP contribution in [0.25, 0.3) is 5.76 Å². The Morgan fingerprint density at radius 1 is 1.11 bits per heavy atom. The molecule has 8 nitrogen and oxygen atoms in total. The van der Waals surface area contributed by atoms with Crippen molar-refractivity contribution in [2.24, 2.45) is 0 Å². The van der Waals surface area contributed by atoms with Gasteiger partial charge >= 0.3 is 11.9 Å². The van der Waals surface area contributed by atoms with E-state index in [1.165, 1.54) is 12.0 Å². The van der Waals surface area contributed by atoms with Gasteiger partial charge in [-0.25, -0.2) is 9.78 Å². The van der Waals surface area contributed by atoms with Gasteiger partial charge < -0.3 is 14.6 Å². The minimum absolute atomic E-state index is 0.0544. The Morgan fingerprint density at radius 2 is 1.81 bits per heavy atom. The number of thiazole rings is 1. The Bertz CT molecular complexity index is 1390. The van der Waals surface area contributed by atoms with E-state index in [-0.39, 0.29) is 21.3 Å². The van der Waals surface area contributed by atoms with Crippen LogP contribution in [-0.2, 0) is 20.7 Å². The number of aliphatic hydroxyl groups is 1. The van der Waals surface area contributed by atoms with Crippen molar-refractivity contribution in [1.82, 2.24) is 4.98 Å². The molecule has 36 heavy (non-hydrogen) atoms. The van der Waals surface area contributed by atoms with Gasteiger partial charge in [0.05, 0.1) is 31.5 Å². The number of aryl methyl sites for hydroxylation is 3. The highest BCUT2D eigenvalue weighted by atomic mass is 32.1. The number of nitrogens with zero attached hydrogens (tertiary/aromatic N) is 2. The molecule has 0 saturated carbocycles. The summed E-state index contributed by atoms with van der Waals surface area (Å²) in [5.41, 5.74) is 3.19. The first-order valence-corrected chi connectivity index (χ1v) is 12.1. The lowest BCUT2D eigenvalue weighted by Crippen LogP contribution is -2.29. The molecule has 0 unspecified atom stereocenters. The molecular formula is C27H26N2O6S. The molecule has 1 aliphatic heterocycles. The second kappa shape index (κ2) is 9.94. The largest absolute Gasteiger partial charge is 0.507 e. The number of ether oxygens (including phenoxy) is 2. The predicted molar refractivity (Wildman–Crippen MR) is 137 cm³/mol. The summed E-state index contributed by atoms with van der Waals surface area (Å²) >= 11 is 0.965. The van der Waals surface area contributed by atoms with E-state index in [9.17, 15) is 19.5 Å². The number of carbonyl (C=O) groups is 3. The molecule has 0 spiro atoms. The van der Waals surface area contributed by atoms with E-state index in [0.717, 1.165) is 28.9 Å². The molecule has 9 heteroatoms. The van der Waals surface area contributed by atoms with E-state index in [0.29, 0.717) is 22.6 Å². The average Bonchev–Trinajstić information content (AvgIpc) is 3.39. The van der Waals surface area contributed by atoms with Crippen LogP contribution in [0.2, 0.25) is 0 Å². The highest BCUT2D eigenvalue weighted by Gasteiger charge is 2.48. The molecule has 1 fully saturated rings. The topological polar surface area (TPSA) is 106 Å². The summed E-state index contributed by atoms with van der Waals surface area (Å²) in [5.74, 6) is -1.92. The summed E-state index contributed by atoms with van der Waals surface area (Å²) in [7, 11) is 2.81. The number of methoxy groups -OCH3 is 2. The number of esters is 1. The molecule has 0 radical (unpaired) electrons. The Kier molecular flexibility index (Phi) is 6.94. The molecule has 186 valence electrons. The van der Waals surface area contributed by atoms with Gasteiger partial charge in [0.2, 0.25) is 0 Å². The van der Waals surface area contributed by atoms with E-state index < -0.39 is 23.7 Å². The highest BCUT2D eigenvalue weighted by Crippen LogP contribution is 2.44. The molecule has 1 amide bonds. The summed E-state index contributed by atoms with van der Waals surface area (Å²) in [5, 5.41) is 11.5. The van der Waals surface area contributed by atoms with Gasteiger partial charge in [0, 0.05) is 5.56 Å². The minimum Gasteiger partial charge on any atom is -0.507 e. The summed E-state index contributed by atoms with van der Waals surface area (Å²) in [6.07, 6.45) is 0.819. The number of hydrogen-bond donors (Lipinski definition) is 1. The number of carbonyl (C=O) groups excluding carboxylic acids is 3. The van der Waals surface area contributed by atoms with Gasteiger partial charge in [-0.1, -0.05) is 42.5 Å². The molecule has 1 aliphatic rings. The number of benzene rings is 2. The van der Waals surface area contributed by atoms with Crippen molar-refractivity contribution in [3.05, 3.63) is 80.9 Å². The number of Topliss-reactive ketones (excluding diaryl/α,β-unsaturated/α-hetero) is 1. The summed E-state index contributed by atoms with van der Waals surface area (Å²) < 4.78 is 10.1. The number of ketones is 1. The summed E-state index contributed by atoms with van der Waals surface area (Å²) in [6.45, 7) is 5.48. The SMILES string of the molecule is CCc1ccc([C@H]2/C(=C(\O)c3ccc(OC)c(C)c3)C(=O)C(=O)N2c2nc(C)c(C(=O)OC)s2)cc1. The van der Waals surface area contributed by atoms with Gasteiger partial charge in [-0.3, -0.25) is 14.5 Å². The number of aromatic nitrogens is 1. The van der Waals surface area contributed by atoms with Crippen molar-refractivity contribution >= 4 is 39.9 Å². The Hall–Kier alpha value is -3.98. The van der Waals surface area contributed by atoms with E-state index in [1.54, 1.807) is 32.2 Å². The van der Waals surface area contributed by atoms with E-state index >= 15 is 0 Å². The lowest BCUT2D eigenvalue weighted by molar-refractivity contribution is -0.132. The molecule has 2 aromatic carbocycles. The molecule has 3 aromatic rings. The second-order valence-corrected chi connectivity index (χ2v) is 9.33. The molecule has 4 rings (SSSR count). The first-order valence-electron chi connectivity index (χ1n) is 11.3. The zero-order chi connectivity index (χ0) is 26.1. The van der Waals surface area contributed by atoms with Crippen LogP contribution in [0.3, 0.4) is 0 Å². The van der Waals surface area contributed by atoms with Crippen LogP contribution in [-0.4, -0.2) is 42.0 Å². The standard InChI is InChI=1S/C27H26N2O6S/c1-6-16-7-9-17(10-8-16)21-20(22(30)18-11-12-19(34-4)14(2)13-18)23(31)25(32)29(21)27-28-15(3)24(36-27)26(33)35-5/h7-13,21,30H,6H2,1-5H3/b22-20+/t21-/m0/s1. The minimum atomic E-state index is -0.936. The van der Waals surface area contributed by atoms with Crippen molar-refractivity contribution in [3.8, 4) is 5.75 Å². The van der Waals surface area contributed by atoms with Gasteiger partial charge in [0.25, 0.3) is 5.78 Å². The maximum absolute atomic E-state index is 13.4. The lowest BCUT2D eigenvalue weighted by atomic mass is 9.94. The van der Waals surface area contributed by atoms with Crippen molar-refractivity contribution in [3.63, 3.8) is 0 Å². The molecule has 1 saturated heterocycles. The quantitative estimate of drug-likeness (QED) is 0.223. The zero-order valence-corrected chi connectivity index (χ0v) is 21.4. The first-order chi connectivity index (χ1) is 17.2. The van der Waals surface area contributed by atoms with Crippen molar-refractivity contribution < 1.29 is 29.0 Å². The molecule has 2 heterocycles. The number of aliphatic hydroxyl groups excluding tert-OH is 1. The van der Waals surface area contributed by atoms with Crippen LogP contribution in [0.5, 0.6) is 5.75 Å². The van der Waals surface area contributed by atoms with Crippen LogP contribution in [0.15, 0.2) is 48.0 Å². The molecular weight excluding hydrogens is 480 g/mol. The monoisotopic (exact) mass is 506 g/mol. The van der Waals surface area contributed by atoms with Crippen molar-refractivity contribution in [1.29, 1.82) is 0 Å². The smallest absolute Gasteiger partial charge is 0.350 e. The molecule has 1 atom stereocenters. The predicted octanol–water partition coefficient (Wildman–Crippen LogP) is 4.74. The normalized spacial score (nSPS) is 16.9. The van der Waals surface area contributed by atoms with Crippen LogP contribution >= 0.6 is 11.3 Å². The molecule has 1 N–H and O–H groups in total. The summed E-state index contributed by atoms with van der Waals surface area (Å²) in [4.78, 5) is 44.8. The third kappa shape index (κ3) is 4.26. The van der Waals surface area contributed by atoms with E-state index in [1.807, 2.05) is 38.1 Å².